The lowest BCUT2D eigenvalue weighted by atomic mass is 9.77. The maximum Gasteiger partial charge on any atom is 0.170 e. The highest BCUT2D eigenvalue weighted by Crippen LogP contribution is 2.34. The van der Waals surface area contributed by atoms with Crippen LogP contribution in [-0.2, 0) is 0 Å². The van der Waals surface area contributed by atoms with Crippen LogP contribution in [0, 0.1) is 5.41 Å². The normalized spacial score (nSPS) is 23.9. The molecule has 1 atom stereocenters. The largest absolute Gasteiger partial charge is 0.316 e. The Morgan fingerprint density at radius 3 is 2.71 bits per heavy atom. The third-order valence-corrected chi connectivity index (χ3v) is 4.32. The molecule has 1 heterocycles. The summed E-state index contributed by atoms with van der Waals surface area (Å²) in [5, 5.41) is 4.18. The van der Waals surface area contributed by atoms with Crippen LogP contribution in [0.15, 0.2) is 18.2 Å². The Labute approximate surface area is 111 Å². The Balaban J connectivity index is 2.32. The van der Waals surface area contributed by atoms with E-state index in [2.05, 4.69) is 12.2 Å². The van der Waals surface area contributed by atoms with Crippen molar-refractivity contribution in [1.29, 1.82) is 0 Å². The Morgan fingerprint density at radius 2 is 2.18 bits per heavy atom. The molecular formula is C13H15Cl2NO. The predicted octanol–water partition coefficient (Wildman–Crippen LogP) is 3.57. The molecule has 4 heteroatoms. The van der Waals surface area contributed by atoms with Crippen LogP contribution < -0.4 is 5.32 Å². The van der Waals surface area contributed by atoms with E-state index in [0.717, 1.165) is 25.9 Å². The molecule has 1 aliphatic rings. The standard InChI is InChI=1S/C13H15Cl2NO/c1-2-13(5-6-16-8-13)12(17)9-3-4-10(14)11(15)7-9/h3-4,7,16H,2,5-6,8H2,1H3. The van der Waals surface area contributed by atoms with Gasteiger partial charge in [0.25, 0.3) is 0 Å². The minimum atomic E-state index is -0.267. The van der Waals surface area contributed by atoms with Crippen molar-refractivity contribution in [3.8, 4) is 0 Å². The van der Waals surface area contributed by atoms with Crippen molar-refractivity contribution in [1.82, 2.24) is 5.32 Å². The Morgan fingerprint density at radius 1 is 1.41 bits per heavy atom. The first-order valence-electron chi connectivity index (χ1n) is 5.79. The van der Waals surface area contributed by atoms with E-state index in [1.807, 2.05) is 0 Å². The van der Waals surface area contributed by atoms with E-state index in [4.69, 9.17) is 23.2 Å². The van der Waals surface area contributed by atoms with Crippen LogP contribution in [0.5, 0.6) is 0 Å². The van der Waals surface area contributed by atoms with Gasteiger partial charge in [0.15, 0.2) is 5.78 Å². The van der Waals surface area contributed by atoms with E-state index >= 15 is 0 Å². The van der Waals surface area contributed by atoms with Crippen LogP contribution in [0.25, 0.3) is 0 Å². The van der Waals surface area contributed by atoms with Gasteiger partial charge in [-0.25, -0.2) is 0 Å². The molecule has 0 spiro atoms. The minimum absolute atomic E-state index is 0.170. The van der Waals surface area contributed by atoms with Crippen molar-refractivity contribution in [2.75, 3.05) is 13.1 Å². The Hall–Kier alpha value is -0.570. The molecule has 92 valence electrons. The van der Waals surface area contributed by atoms with Gasteiger partial charge in [-0.05, 0) is 37.6 Å². The highest BCUT2D eigenvalue weighted by molar-refractivity contribution is 6.42. The van der Waals surface area contributed by atoms with Crippen LogP contribution in [0.1, 0.15) is 30.1 Å². The maximum absolute atomic E-state index is 12.5. The topological polar surface area (TPSA) is 29.1 Å². The highest BCUT2D eigenvalue weighted by Gasteiger charge is 2.39. The molecule has 0 aliphatic carbocycles. The average molecular weight is 272 g/mol. The van der Waals surface area contributed by atoms with Gasteiger partial charge in [-0.3, -0.25) is 4.79 Å². The quantitative estimate of drug-likeness (QED) is 0.852. The fraction of sp³-hybridized carbons (Fsp3) is 0.462. The second-order valence-electron chi connectivity index (χ2n) is 4.52. The number of nitrogens with one attached hydrogen (secondary N) is 1. The molecule has 1 aromatic carbocycles. The molecule has 2 rings (SSSR count). The number of rotatable bonds is 3. The van der Waals surface area contributed by atoms with E-state index < -0.39 is 0 Å². The summed E-state index contributed by atoms with van der Waals surface area (Å²) in [6, 6.07) is 5.11. The molecule has 0 amide bonds. The lowest BCUT2D eigenvalue weighted by molar-refractivity contribution is 0.0810. The van der Waals surface area contributed by atoms with Gasteiger partial charge in [0, 0.05) is 17.5 Å². The van der Waals surface area contributed by atoms with Crippen molar-refractivity contribution in [3.05, 3.63) is 33.8 Å². The van der Waals surface area contributed by atoms with Crippen LogP contribution in [0.4, 0.5) is 0 Å². The second-order valence-corrected chi connectivity index (χ2v) is 5.33. The number of benzene rings is 1. The summed E-state index contributed by atoms with van der Waals surface area (Å²) in [6.45, 7) is 3.71. The number of halogens is 2. The van der Waals surface area contributed by atoms with E-state index in [1.165, 1.54) is 0 Å². The number of hydrogen-bond donors (Lipinski definition) is 1. The fourth-order valence-corrected chi connectivity index (χ4v) is 2.64. The third kappa shape index (κ3) is 2.35. The number of ketones is 1. The van der Waals surface area contributed by atoms with Gasteiger partial charge in [-0.1, -0.05) is 30.1 Å². The van der Waals surface area contributed by atoms with Gasteiger partial charge in [-0.15, -0.1) is 0 Å². The number of Topliss-reactive ketones (excluding diaryl/α,β-unsaturated/α-hetero) is 1. The van der Waals surface area contributed by atoms with Crippen LogP contribution >= 0.6 is 23.2 Å². The SMILES string of the molecule is CCC1(C(=O)c2ccc(Cl)c(Cl)c2)CCNC1. The summed E-state index contributed by atoms with van der Waals surface area (Å²) in [7, 11) is 0. The highest BCUT2D eigenvalue weighted by atomic mass is 35.5. The molecule has 0 bridgehead atoms. The van der Waals surface area contributed by atoms with Crippen molar-refractivity contribution in [2.45, 2.75) is 19.8 Å². The van der Waals surface area contributed by atoms with E-state index in [0.29, 0.717) is 15.6 Å². The van der Waals surface area contributed by atoms with E-state index in [1.54, 1.807) is 18.2 Å². The first kappa shape index (κ1) is 12.9. The van der Waals surface area contributed by atoms with Crippen molar-refractivity contribution in [2.24, 2.45) is 5.41 Å². The lowest BCUT2D eigenvalue weighted by Gasteiger charge is -2.25. The molecular weight excluding hydrogens is 257 g/mol. The zero-order valence-corrected chi connectivity index (χ0v) is 11.2. The van der Waals surface area contributed by atoms with Crippen molar-refractivity contribution >= 4 is 29.0 Å². The molecule has 0 saturated carbocycles. The van der Waals surface area contributed by atoms with Crippen LogP contribution in [0.3, 0.4) is 0 Å². The summed E-state index contributed by atoms with van der Waals surface area (Å²) in [5.74, 6) is 0.170. The lowest BCUT2D eigenvalue weighted by Crippen LogP contribution is -2.32. The minimum Gasteiger partial charge on any atom is -0.316 e. The molecule has 1 aliphatic heterocycles. The first-order chi connectivity index (χ1) is 8.09. The van der Waals surface area contributed by atoms with Gasteiger partial charge in [-0.2, -0.15) is 0 Å². The summed E-state index contributed by atoms with van der Waals surface area (Å²) < 4.78 is 0. The summed E-state index contributed by atoms with van der Waals surface area (Å²) >= 11 is 11.8. The van der Waals surface area contributed by atoms with Gasteiger partial charge >= 0.3 is 0 Å². The van der Waals surface area contributed by atoms with Crippen LogP contribution in [-0.4, -0.2) is 18.9 Å². The molecule has 0 radical (unpaired) electrons. The molecule has 17 heavy (non-hydrogen) atoms. The molecule has 1 N–H and O–H groups in total. The third-order valence-electron chi connectivity index (χ3n) is 3.58. The molecule has 0 aromatic heterocycles. The molecule has 1 fully saturated rings. The molecule has 1 saturated heterocycles. The summed E-state index contributed by atoms with van der Waals surface area (Å²) in [6.07, 6.45) is 1.74. The number of carbonyl (C=O) groups excluding carboxylic acids is 1. The summed E-state index contributed by atoms with van der Waals surface area (Å²) in [4.78, 5) is 12.5. The summed E-state index contributed by atoms with van der Waals surface area (Å²) in [5.41, 5.74) is 0.391. The average Bonchev–Trinajstić information content (AvgIpc) is 2.81. The van der Waals surface area contributed by atoms with Crippen LogP contribution in [0.2, 0.25) is 10.0 Å². The Kier molecular flexibility index (Phi) is 3.76. The molecule has 2 nitrogen and oxygen atoms in total. The second kappa shape index (κ2) is 4.97. The smallest absolute Gasteiger partial charge is 0.170 e. The zero-order valence-electron chi connectivity index (χ0n) is 9.72. The van der Waals surface area contributed by atoms with Gasteiger partial charge in [0.2, 0.25) is 0 Å². The van der Waals surface area contributed by atoms with Gasteiger partial charge in [0.1, 0.15) is 0 Å². The monoisotopic (exact) mass is 271 g/mol. The first-order valence-corrected chi connectivity index (χ1v) is 6.55. The van der Waals surface area contributed by atoms with Gasteiger partial charge < -0.3 is 5.32 Å². The zero-order chi connectivity index (χ0) is 12.5. The van der Waals surface area contributed by atoms with E-state index in [-0.39, 0.29) is 11.2 Å². The predicted molar refractivity (Wildman–Crippen MR) is 71.0 cm³/mol. The van der Waals surface area contributed by atoms with Crippen molar-refractivity contribution < 1.29 is 4.79 Å². The Bertz CT molecular complexity index is 439. The van der Waals surface area contributed by atoms with Crippen molar-refractivity contribution in [3.63, 3.8) is 0 Å². The molecule has 1 aromatic rings. The maximum atomic E-state index is 12.5. The molecule has 1 unspecified atom stereocenters. The number of hydrogen-bond acceptors (Lipinski definition) is 2. The van der Waals surface area contributed by atoms with Gasteiger partial charge in [0.05, 0.1) is 10.0 Å². The van der Waals surface area contributed by atoms with E-state index in [9.17, 15) is 4.79 Å². The number of carbonyl (C=O) groups is 1. The fourth-order valence-electron chi connectivity index (χ4n) is 2.34.